The quantitative estimate of drug-likeness (QED) is 0.130. The van der Waals surface area contributed by atoms with E-state index in [0.717, 1.165) is 22.2 Å². The molecule has 0 bridgehead atoms. The van der Waals surface area contributed by atoms with Crippen molar-refractivity contribution in [2.45, 2.75) is 12.1 Å². The van der Waals surface area contributed by atoms with Crippen LogP contribution < -0.4 is 0 Å². The number of hydrogen-bond donors (Lipinski definition) is 0. The second-order valence-electron chi connectivity index (χ2n) is 12.5. The lowest BCUT2D eigenvalue weighted by Gasteiger charge is -2.33. The largest absolute Gasteiger partial charge is 0.320 e. The number of rotatable bonds is 6. The van der Waals surface area contributed by atoms with E-state index in [1.165, 1.54) is 44.2 Å². The van der Waals surface area contributed by atoms with E-state index in [1.54, 1.807) is 0 Å². The molecule has 0 saturated heterocycles. The van der Waals surface area contributed by atoms with Crippen LogP contribution >= 0.6 is 0 Å². The second-order valence-corrected chi connectivity index (χ2v) is 12.5. The number of aliphatic imine (C=N–C) groups is 2. The van der Waals surface area contributed by atoms with Gasteiger partial charge in [0.05, 0.1) is 16.4 Å². The number of aromatic nitrogens is 1. The van der Waals surface area contributed by atoms with Gasteiger partial charge in [0.2, 0.25) is 0 Å². The molecule has 7 aromatic carbocycles. The second kappa shape index (κ2) is 12.0. The topological polar surface area (TPSA) is 29.6 Å². The standard InChI is InChI=1S/C46H33N3/c1-5-17-33(18-6-1)31-47-45(34-19-7-2-8-20-34)48-32-49-43-28-16-14-26-38(43)40-29-42-39(30-44(40)49)37-25-13-15-27-41(37)46(42,35-21-9-3-10-22-35)36-23-11-4-12-24-36/h1-31H,32H2. The van der Waals surface area contributed by atoms with Gasteiger partial charge < -0.3 is 4.57 Å². The van der Waals surface area contributed by atoms with E-state index in [4.69, 9.17) is 9.98 Å². The van der Waals surface area contributed by atoms with Crippen LogP contribution in [0, 0.1) is 0 Å². The van der Waals surface area contributed by atoms with Crippen molar-refractivity contribution in [2.75, 3.05) is 0 Å². The lowest BCUT2D eigenvalue weighted by atomic mass is 9.67. The maximum absolute atomic E-state index is 5.20. The van der Waals surface area contributed by atoms with Crippen molar-refractivity contribution in [1.29, 1.82) is 0 Å². The molecule has 232 valence electrons. The summed E-state index contributed by atoms with van der Waals surface area (Å²) in [5, 5.41) is 2.44. The fraction of sp³-hybridized carbons (Fsp3) is 0.0435. The molecule has 1 aliphatic rings. The molecule has 49 heavy (non-hydrogen) atoms. The molecule has 1 heterocycles. The van der Waals surface area contributed by atoms with E-state index in [1.807, 2.05) is 42.6 Å². The summed E-state index contributed by atoms with van der Waals surface area (Å²) in [6, 6.07) is 64.9. The summed E-state index contributed by atoms with van der Waals surface area (Å²) >= 11 is 0. The van der Waals surface area contributed by atoms with E-state index in [2.05, 4.69) is 150 Å². The molecule has 0 atom stereocenters. The van der Waals surface area contributed by atoms with Gasteiger partial charge in [-0.2, -0.15) is 0 Å². The molecule has 0 aliphatic heterocycles. The van der Waals surface area contributed by atoms with E-state index < -0.39 is 5.41 Å². The van der Waals surface area contributed by atoms with Crippen LogP contribution in [-0.4, -0.2) is 16.6 Å². The van der Waals surface area contributed by atoms with Crippen molar-refractivity contribution in [3.8, 4) is 11.1 Å². The van der Waals surface area contributed by atoms with Crippen LogP contribution in [0.2, 0.25) is 0 Å². The van der Waals surface area contributed by atoms with Gasteiger partial charge in [0.1, 0.15) is 6.67 Å². The first kappa shape index (κ1) is 28.9. The van der Waals surface area contributed by atoms with Gasteiger partial charge >= 0.3 is 0 Å². The van der Waals surface area contributed by atoms with E-state index >= 15 is 0 Å². The number of amidine groups is 1. The van der Waals surface area contributed by atoms with Crippen LogP contribution in [0.5, 0.6) is 0 Å². The first-order valence-electron chi connectivity index (χ1n) is 16.8. The molecule has 3 heteroatoms. The highest BCUT2D eigenvalue weighted by molar-refractivity contribution is 6.11. The molecule has 0 radical (unpaired) electrons. The summed E-state index contributed by atoms with van der Waals surface area (Å²) in [5.74, 6) is 0.703. The molecule has 0 spiro atoms. The number of fused-ring (bicyclic) bond motifs is 6. The third-order valence-corrected chi connectivity index (χ3v) is 9.88. The first-order chi connectivity index (χ1) is 24.3. The predicted molar refractivity (Wildman–Crippen MR) is 204 cm³/mol. The van der Waals surface area contributed by atoms with Gasteiger partial charge in [-0.15, -0.1) is 0 Å². The Hall–Kier alpha value is -6.32. The van der Waals surface area contributed by atoms with Gasteiger partial charge in [0.15, 0.2) is 5.84 Å². The Morgan fingerprint density at radius 1 is 0.510 bits per heavy atom. The Morgan fingerprint density at radius 3 is 1.82 bits per heavy atom. The fourth-order valence-electron chi connectivity index (χ4n) is 7.74. The molecule has 0 fully saturated rings. The Kier molecular flexibility index (Phi) is 7.09. The molecular formula is C46H33N3. The minimum absolute atomic E-state index is 0.434. The van der Waals surface area contributed by atoms with Gasteiger partial charge in [0, 0.05) is 22.6 Å². The molecular weight excluding hydrogens is 595 g/mol. The number of para-hydroxylation sites is 1. The average Bonchev–Trinajstić information content (AvgIpc) is 3.65. The monoisotopic (exact) mass is 627 g/mol. The van der Waals surface area contributed by atoms with Crippen molar-refractivity contribution in [1.82, 2.24) is 4.57 Å². The molecule has 0 N–H and O–H groups in total. The van der Waals surface area contributed by atoms with Crippen LogP contribution in [-0.2, 0) is 12.1 Å². The summed E-state index contributed by atoms with van der Waals surface area (Å²) in [5.41, 5.74) is 11.6. The van der Waals surface area contributed by atoms with Gasteiger partial charge in [-0.1, -0.05) is 164 Å². The summed E-state index contributed by atoms with van der Waals surface area (Å²) in [6.45, 7) is 0.434. The maximum Gasteiger partial charge on any atom is 0.156 e. The Labute approximate surface area is 286 Å². The van der Waals surface area contributed by atoms with E-state index in [9.17, 15) is 0 Å². The van der Waals surface area contributed by atoms with E-state index in [0.29, 0.717) is 12.5 Å². The van der Waals surface area contributed by atoms with Crippen LogP contribution in [0.1, 0.15) is 33.4 Å². The lowest BCUT2D eigenvalue weighted by molar-refractivity contribution is 0.768. The van der Waals surface area contributed by atoms with Crippen molar-refractivity contribution >= 4 is 33.9 Å². The average molecular weight is 628 g/mol. The third kappa shape index (κ3) is 4.74. The molecule has 1 aromatic heterocycles. The van der Waals surface area contributed by atoms with Crippen LogP contribution in [0.3, 0.4) is 0 Å². The molecule has 0 amide bonds. The normalized spacial score (nSPS) is 13.6. The summed E-state index contributed by atoms with van der Waals surface area (Å²) < 4.78 is 2.35. The van der Waals surface area contributed by atoms with Crippen LogP contribution in [0.4, 0.5) is 0 Å². The van der Waals surface area contributed by atoms with Crippen molar-refractivity contribution < 1.29 is 0 Å². The predicted octanol–water partition coefficient (Wildman–Crippen LogP) is 10.7. The SMILES string of the molecule is C(=NC(=NCn1c2ccccc2c2cc3c(cc21)-c1ccccc1C3(c1ccccc1)c1ccccc1)c1ccccc1)c1ccccc1. The molecule has 0 unspecified atom stereocenters. The van der Waals surface area contributed by atoms with Crippen LogP contribution in [0.25, 0.3) is 32.9 Å². The smallest absolute Gasteiger partial charge is 0.156 e. The zero-order valence-corrected chi connectivity index (χ0v) is 26.9. The van der Waals surface area contributed by atoms with Gasteiger partial charge in [-0.3, -0.25) is 0 Å². The van der Waals surface area contributed by atoms with Gasteiger partial charge in [0.25, 0.3) is 0 Å². The zero-order chi connectivity index (χ0) is 32.6. The Morgan fingerprint density at radius 2 is 1.10 bits per heavy atom. The highest BCUT2D eigenvalue weighted by Gasteiger charge is 2.46. The van der Waals surface area contributed by atoms with Gasteiger partial charge in [-0.25, -0.2) is 9.98 Å². The first-order valence-corrected chi connectivity index (χ1v) is 16.8. The molecule has 1 aliphatic carbocycles. The molecule has 0 saturated carbocycles. The van der Waals surface area contributed by atoms with Crippen molar-refractivity contribution in [2.24, 2.45) is 9.98 Å². The molecule has 9 rings (SSSR count). The maximum atomic E-state index is 5.20. The minimum atomic E-state index is -0.448. The minimum Gasteiger partial charge on any atom is -0.320 e. The number of hydrogen-bond acceptors (Lipinski definition) is 1. The summed E-state index contributed by atoms with van der Waals surface area (Å²) in [7, 11) is 0. The Bertz CT molecular complexity index is 2450. The Balaban J connectivity index is 1.28. The van der Waals surface area contributed by atoms with Crippen molar-refractivity contribution in [3.05, 3.63) is 215 Å². The summed E-state index contributed by atoms with van der Waals surface area (Å²) in [4.78, 5) is 10.1. The lowest BCUT2D eigenvalue weighted by Crippen LogP contribution is -2.28. The number of benzene rings is 7. The highest BCUT2D eigenvalue weighted by Crippen LogP contribution is 2.57. The third-order valence-electron chi connectivity index (χ3n) is 9.88. The number of nitrogens with zero attached hydrogens (tertiary/aromatic N) is 3. The molecule has 8 aromatic rings. The molecule has 3 nitrogen and oxygen atoms in total. The van der Waals surface area contributed by atoms with Crippen LogP contribution in [0.15, 0.2) is 192 Å². The summed E-state index contributed by atoms with van der Waals surface area (Å²) in [6.07, 6.45) is 1.90. The van der Waals surface area contributed by atoms with E-state index in [-0.39, 0.29) is 0 Å². The fourth-order valence-corrected chi connectivity index (χ4v) is 7.74. The van der Waals surface area contributed by atoms with Gasteiger partial charge in [-0.05, 0) is 57.1 Å². The zero-order valence-electron chi connectivity index (χ0n) is 26.9. The highest BCUT2D eigenvalue weighted by atomic mass is 15.1. The van der Waals surface area contributed by atoms with Crippen molar-refractivity contribution in [3.63, 3.8) is 0 Å².